The maximum Gasteiger partial charge on any atom is 0.224 e. The summed E-state index contributed by atoms with van der Waals surface area (Å²) in [7, 11) is 2.13. The minimum absolute atomic E-state index is 0.0848. The molecule has 1 aliphatic carbocycles. The Kier molecular flexibility index (Phi) is 13.1. The Labute approximate surface area is 268 Å². The summed E-state index contributed by atoms with van der Waals surface area (Å²) in [6, 6.07) is 6.29. The van der Waals surface area contributed by atoms with Crippen molar-refractivity contribution in [1.29, 1.82) is 0 Å². The van der Waals surface area contributed by atoms with Gasteiger partial charge in [0.15, 0.2) is 5.78 Å². The molecule has 1 amide bonds. The van der Waals surface area contributed by atoms with Crippen molar-refractivity contribution in [3.63, 3.8) is 0 Å². The standard InChI is InChI=1S/C36H54N4O3S/c1-6-31(41)21-29(23-35-38-32-14-12-28(25(2)3)22-34(32)44-35)36(43)37-30(20-27-10-8-7-9-11-27)13-15-33(42)26(4)24-40-18-16-39(5)17-19-40/h12,14,22,25,27,29-30H,4,6-11,13,15-21,23-24H2,1-3,5H3,(H,37,43)/t29-,30+/m0/s1. The molecule has 2 heterocycles. The van der Waals surface area contributed by atoms with E-state index in [0.29, 0.717) is 49.6 Å². The van der Waals surface area contributed by atoms with E-state index in [0.717, 1.165) is 47.8 Å². The number of Topliss-reactive ketones (excluding diaryl/α,β-unsaturated/α-hetero) is 2. The maximum absolute atomic E-state index is 13.9. The van der Waals surface area contributed by atoms with Gasteiger partial charge < -0.3 is 10.2 Å². The lowest BCUT2D eigenvalue weighted by Gasteiger charge is -2.32. The Balaban J connectivity index is 1.42. The third kappa shape index (κ3) is 10.3. The van der Waals surface area contributed by atoms with E-state index in [-0.39, 0.29) is 29.9 Å². The summed E-state index contributed by atoms with van der Waals surface area (Å²) in [5.41, 5.74) is 2.88. The predicted octanol–water partition coefficient (Wildman–Crippen LogP) is 6.56. The van der Waals surface area contributed by atoms with Gasteiger partial charge in [0.2, 0.25) is 5.91 Å². The number of nitrogens with zero attached hydrogens (tertiary/aromatic N) is 3. The fourth-order valence-electron chi connectivity index (χ4n) is 6.56. The quantitative estimate of drug-likeness (QED) is 0.214. The van der Waals surface area contributed by atoms with Crippen LogP contribution in [0, 0.1) is 11.8 Å². The molecule has 1 aromatic heterocycles. The second kappa shape index (κ2) is 16.8. The Bertz CT molecular complexity index is 1270. The lowest BCUT2D eigenvalue weighted by molar-refractivity contribution is -0.130. The molecule has 44 heavy (non-hydrogen) atoms. The number of amides is 1. The van der Waals surface area contributed by atoms with Crippen LogP contribution in [-0.4, -0.2) is 78.1 Å². The van der Waals surface area contributed by atoms with Crippen LogP contribution in [0.25, 0.3) is 10.2 Å². The first-order valence-electron chi connectivity index (χ1n) is 16.9. The molecule has 1 aromatic carbocycles. The van der Waals surface area contributed by atoms with Gasteiger partial charge in [0.25, 0.3) is 0 Å². The summed E-state index contributed by atoms with van der Waals surface area (Å²) in [5.74, 6) is 0.630. The van der Waals surface area contributed by atoms with E-state index in [1.807, 2.05) is 6.92 Å². The molecule has 0 bridgehead atoms. The number of carbonyl (C=O) groups excluding carboxylic acids is 3. The zero-order valence-corrected chi connectivity index (χ0v) is 28.4. The molecular formula is C36H54N4O3S. The molecule has 1 saturated carbocycles. The Hall–Kier alpha value is -2.42. The topological polar surface area (TPSA) is 82.6 Å². The minimum Gasteiger partial charge on any atom is -0.353 e. The zero-order chi connectivity index (χ0) is 31.6. The van der Waals surface area contributed by atoms with Gasteiger partial charge in [-0.2, -0.15) is 0 Å². The first-order valence-corrected chi connectivity index (χ1v) is 17.8. The van der Waals surface area contributed by atoms with Crippen LogP contribution in [0.5, 0.6) is 0 Å². The largest absolute Gasteiger partial charge is 0.353 e. The molecule has 2 aliphatic rings. The van der Waals surface area contributed by atoms with Gasteiger partial charge in [0, 0.05) is 70.0 Å². The molecule has 8 heteroatoms. The minimum atomic E-state index is -0.468. The van der Waals surface area contributed by atoms with Crippen molar-refractivity contribution >= 4 is 39.0 Å². The highest BCUT2D eigenvalue weighted by atomic mass is 32.1. The number of fused-ring (bicyclic) bond motifs is 1. The van der Waals surface area contributed by atoms with E-state index < -0.39 is 5.92 Å². The number of thiazole rings is 1. The molecular weight excluding hydrogens is 568 g/mol. The number of nitrogens with one attached hydrogen (secondary N) is 1. The number of hydrogen-bond acceptors (Lipinski definition) is 7. The monoisotopic (exact) mass is 622 g/mol. The van der Waals surface area contributed by atoms with Gasteiger partial charge in [0.1, 0.15) is 5.78 Å². The third-order valence-electron chi connectivity index (χ3n) is 9.60. The van der Waals surface area contributed by atoms with E-state index in [1.165, 1.54) is 37.7 Å². The number of hydrogen-bond donors (Lipinski definition) is 1. The molecule has 0 unspecified atom stereocenters. The van der Waals surface area contributed by atoms with Gasteiger partial charge >= 0.3 is 0 Å². The van der Waals surface area contributed by atoms with Crippen LogP contribution in [0.3, 0.4) is 0 Å². The van der Waals surface area contributed by atoms with E-state index in [1.54, 1.807) is 11.3 Å². The number of aromatic nitrogens is 1. The number of likely N-dealkylation sites (N-methyl/N-ethyl adjacent to an activating group) is 1. The van der Waals surface area contributed by atoms with Crippen LogP contribution in [0.15, 0.2) is 30.4 Å². The van der Waals surface area contributed by atoms with Crippen molar-refractivity contribution in [3.05, 3.63) is 40.9 Å². The van der Waals surface area contributed by atoms with Gasteiger partial charge in [0.05, 0.1) is 21.1 Å². The molecule has 2 atom stereocenters. The number of benzene rings is 1. The van der Waals surface area contributed by atoms with Crippen LogP contribution < -0.4 is 5.32 Å². The lowest BCUT2D eigenvalue weighted by Crippen LogP contribution is -2.45. The fourth-order valence-corrected chi connectivity index (χ4v) is 7.66. The number of carbonyl (C=O) groups is 3. The molecule has 1 aliphatic heterocycles. The third-order valence-corrected chi connectivity index (χ3v) is 10.6. The fraction of sp³-hybridized carbons (Fsp3) is 0.667. The lowest BCUT2D eigenvalue weighted by atomic mass is 9.83. The van der Waals surface area contributed by atoms with Crippen LogP contribution in [0.2, 0.25) is 0 Å². The molecule has 1 saturated heterocycles. The number of rotatable bonds is 16. The molecule has 0 radical (unpaired) electrons. The summed E-state index contributed by atoms with van der Waals surface area (Å²) in [6.07, 6.45) is 9.06. The van der Waals surface area contributed by atoms with E-state index in [9.17, 15) is 14.4 Å². The van der Waals surface area contributed by atoms with Crippen molar-refractivity contribution in [1.82, 2.24) is 20.1 Å². The van der Waals surface area contributed by atoms with E-state index in [2.05, 4.69) is 60.8 Å². The van der Waals surface area contributed by atoms with Gasteiger partial charge in [-0.15, -0.1) is 11.3 Å². The Morgan fingerprint density at radius 2 is 1.82 bits per heavy atom. The van der Waals surface area contributed by atoms with Crippen molar-refractivity contribution < 1.29 is 14.4 Å². The first kappa shape index (κ1) is 34.5. The van der Waals surface area contributed by atoms with Gasteiger partial charge in [-0.3, -0.25) is 19.3 Å². The van der Waals surface area contributed by atoms with Crippen molar-refractivity contribution in [3.8, 4) is 0 Å². The van der Waals surface area contributed by atoms with Crippen LogP contribution in [0.4, 0.5) is 0 Å². The van der Waals surface area contributed by atoms with Crippen molar-refractivity contribution in [2.24, 2.45) is 11.8 Å². The summed E-state index contributed by atoms with van der Waals surface area (Å²) in [6.45, 7) is 14.9. The van der Waals surface area contributed by atoms with Crippen molar-refractivity contribution in [2.45, 2.75) is 103 Å². The summed E-state index contributed by atoms with van der Waals surface area (Å²) >= 11 is 1.62. The van der Waals surface area contributed by atoms with Gasteiger partial charge in [-0.1, -0.05) is 65.5 Å². The predicted molar refractivity (Wildman–Crippen MR) is 181 cm³/mol. The number of piperazine rings is 1. The molecule has 242 valence electrons. The van der Waals surface area contributed by atoms with Crippen LogP contribution in [-0.2, 0) is 20.8 Å². The zero-order valence-electron chi connectivity index (χ0n) is 27.5. The molecule has 1 N–H and O–H groups in total. The van der Waals surface area contributed by atoms with E-state index >= 15 is 0 Å². The highest BCUT2D eigenvalue weighted by Crippen LogP contribution is 2.30. The summed E-state index contributed by atoms with van der Waals surface area (Å²) in [4.78, 5) is 49.1. The van der Waals surface area contributed by atoms with Gasteiger partial charge in [-0.05, 0) is 49.4 Å². The second-order valence-corrected chi connectivity index (χ2v) is 14.7. The average Bonchev–Trinajstić information content (AvgIpc) is 3.42. The second-order valence-electron chi connectivity index (χ2n) is 13.6. The Morgan fingerprint density at radius 3 is 2.50 bits per heavy atom. The maximum atomic E-state index is 13.9. The molecule has 7 nitrogen and oxygen atoms in total. The molecule has 2 aromatic rings. The summed E-state index contributed by atoms with van der Waals surface area (Å²) < 4.78 is 1.12. The van der Waals surface area contributed by atoms with Crippen LogP contribution >= 0.6 is 11.3 Å². The smallest absolute Gasteiger partial charge is 0.224 e. The normalized spacial score (nSPS) is 18.4. The average molecular weight is 623 g/mol. The van der Waals surface area contributed by atoms with E-state index in [4.69, 9.17) is 4.98 Å². The SMILES string of the molecule is C=C(CN1CCN(C)CC1)C(=O)CC[C@H](CC1CCCCC1)NC(=O)[C@@H](CC(=O)CC)Cc1nc2ccc(C(C)C)cc2s1. The van der Waals surface area contributed by atoms with Gasteiger partial charge in [-0.25, -0.2) is 4.98 Å². The molecule has 4 rings (SSSR count). The highest BCUT2D eigenvalue weighted by molar-refractivity contribution is 7.18. The number of ketones is 2. The molecule has 0 spiro atoms. The summed E-state index contributed by atoms with van der Waals surface area (Å²) in [5, 5.41) is 4.23. The molecule has 2 fully saturated rings. The van der Waals surface area contributed by atoms with Crippen LogP contribution in [0.1, 0.15) is 101 Å². The highest BCUT2D eigenvalue weighted by Gasteiger charge is 2.28. The first-order chi connectivity index (χ1) is 21.1. The van der Waals surface area contributed by atoms with Crippen molar-refractivity contribution in [2.75, 3.05) is 39.8 Å². The Morgan fingerprint density at radius 1 is 1.09 bits per heavy atom.